The minimum absolute atomic E-state index is 0.165. The molecule has 0 fully saturated rings. The molecule has 0 bridgehead atoms. The zero-order valence-electron chi connectivity index (χ0n) is 18.2. The number of hydrogen-bond acceptors (Lipinski definition) is 7. The lowest BCUT2D eigenvalue weighted by atomic mass is 9.92. The fourth-order valence-electron chi connectivity index (χ4n) is 3.27. The van der Waals surface area contributed by atoms with Crippen LogP contribution >= 0.6 is 11.6 Å². The first-order valence-corrected chi connectivity index (χ1v) is 10.3. The molecule has 3 aromatic rings. The Hall–Kier alpha value is -3.68. The highest BCUT2D eigenvalue weighted by molar-refractivity contribution is 6.36. The number of aryl methyl sites for hydroxylation is 1. The van der Waals surface area contributed by atoms with E-state index in [2.05, 4.69) is 52.2 Å². The van der Waals surface area contributed by atoms with Crippen LogP contribution in [0.5, 0.6) is 5.75 Å². The lowest BCUT2D eigenvalue weighted by molar-refractivity contribution is -0.527. The molecule has 164 valence electrons. The standard InChI is InChI=1S/C21H22ClN9O/c1-21(2,3)15-9-16(29-31(15)8-5-23)27-20-28-19-18(30(20)4)17(22)14(11-26-19)32-12-13-10-24-6-7-25-13/h6-7,9-12,25H,8H2,1-4H3,(H,26,27,28,29)/p+1/b13-12+. The van der Waals surface area contributed by atoms with Crippen LogP contribution < -0.4 is 15.4 Å². The van der Waals surface area contributed by atoms with Crippen LogP contribution in [0, 0.1) is 11.3 Å². The smallest absolute Gasteiger partial charge is 0.210 e. The van der Waals surface area contributed by atoms with E-state index in [0.717, 1.165) is 11.4 Å². The third-order valence-corrected chi connectivity index (χ3v) is 5.19. The third kappa shape index (κ3) is 4.21. The van der Waals surface area contributed by atoms with Crippen LogP contribution in [0.1, 0.15) is 26.5 Å². The summed E-state index contributed by atoms with van der Waals surface area (Å²) in [4.78, 5) is 13.0. The van der Waals surface area contributed by atoms with Gasteiger partial charge in [0.2, 0.25) is 5.95 Å². The monoisotopic (exact) mass is 452 g/mol. The number of pyridine rings is 1. The van der Waals surface area contributed by atoms with Gasteiger partial charge in [0, 0.05) is 24.2 Å². The molecule has 0 unspecified atom stereocenters. The minimum atomic E-state index is -0.169. The number of quaternary nitrogens is 1. The predicted molar refractivity (Wildman–Crippen MR) is 122 cm³/mol. The Kier molecular flexibility index (Phi) is 5.69. The van der Waals surface area contributed by atoms with Crippen molar-refractivity contribution in [1.29, 1.82) is 5.26 Å². The number of aliphatic imine (C=N–C) groups is 1. The number of fused-ring (bicyclic) bond motifs is 1. The molecule has 32 heavy (non-hydrogen) atoms. The molecule has 0 amide bonds. The predicted octanol–water partition coefficient (Wildman–Crippen LogP) is 2.72. The van der Waals surface area contributed by atoms with Crippen LogP contribution in [0.3, 0.4) is 0 Å². The molecule has 0 atom stereocenters. The van der Waals surface area contributed by atoms with E-state index in [4.69, 9.17) is 21.6 Å². The van der Waals surface area contributed by atoms with Gasteiger partial charge in [-0.2, -0.15) is 15.3 Å². The van der Waals surface area contributed by atoms with Crippen LogP contribution in [0.15, 0.2) is 41.6 Å². The van der Waals surface area contributed by atoms with Crippen LogP contribution in [0.4, 0.5) is 11.8 Å². The Morgan fingerprint density at radius 2 is 2.19 bits per heavy atom. The summed E-state index contributed by atoms with van der Waals surface area (Å²) in [5.41, 5.74) is 2.68. The SMILES string of the molecule is Cn1c(Nc2cc(C(C)(C)C)n(CC#N)n2)nc2ncc(O/C=C3\C=NC=C[NH2+]3)c(Cl)c21. The van der Waals surface area contributed by atoms with Gasteiger partial charge in [-0.15, -0.1) is 0 Å². The maximum atomic E-state index is 9.13. The number of halogens is 1. The quantitative estimate of drug-likeness (QED) is 0.574. The molecular formula is C21H23ClN9O+. The van der Waals surface area contributed by atoms with Gasteiger partial charge in [-0.25, -0.2) is 4.98 Å². The van der Waals surface area contributed by atoms with Crippen molar-refractivity contribution in [2.45, 2.75) is 32.7 Å². The highest BCUT2D eigenvalue weighted by atomic mass is 35.5. The number of anilines is 2. The van der Waals surface area contributed by atoms with E-state index >= 15 is 0 Å². The molecular weight excluding hydrogens is 430 g/mol. The van der Waals surface area contributed by atoms with Gasteiger partial charge in [-0.1, -0.05) is 32.4 Å². The Morgan fingerprint density at radius 1 is 1.38 bits per heavy atom. The molecule has 3 aromatic heterocycles. The summed E-state index contributed by atoms with van der Waals surface area (Å²) in [5.74, 6) is 1.51. The molecule has 0 aromatic carbocycles. The maximum Gasteiger partial charge on any atom is 0.210 e. The molecule has 0 radical (unpaired) electrons. The molecule has 1 aliphatic heterocycles. The highest BCUT2D eigenvalue weighted by Crippen LogP contribution is 2.33. The number of allylic oxidation sites excluding steroid dienone is 1. The van der Waals surface area contributed by atoms with Gasteiger partial charge in [0.05, 0.1) is 24.7 Å². The lowest BCUT2D eigenvalue weighted by Crippen LogP contribution is -2.76. The second-order valence-electron chi connectivity index (χ2n) is 8.23. The van der Waals surface area contributed by atoms with E-state index in [1.54, 1.807) is 27.9 Å². The van der Waals surface area contributed by atoms with Gasteiger partial charge in [0.25, 0.3) is 0 Å². The first-order chi connectivity index (χ1) is 15.3. The summed E-state index contributed by atoms with van der Waals surface area (Å²) < 4.78 is 9.21. The van der Waals surface area contributed by atoms with Crippen LogP contribution in [0.2, 0.25) is 5.02 Å². The summed E-state index contributed by atoms with van der Waals surface area (Å²) >= 11 is 6.61. The number of ether oxygens (including phenoxy) is 1. The van der Waals surface area contributed by atoms with Crippen molar-refractivity contribution in [1.82, 2.24) is 24.3 Å². The lowest BCUT2D eigenvalue weighted by Gasteiger charge is -2.18. The fraction of sp³-hybridized carbons (Fsp3) is 0.286. The zero-order valence-corrected chi connectivity index (χ0v) is 18.9. The zero-order chi connectivity index (χ0) is 22.9. The van der Waals surface area contributed by atoms with Crippen molar-refractivity contribution in [3.05, 3.63) is 47.3 Å². The maximum absolute atomic E-state index is 9.13. The topological polar surface area (TPSA) is 123 Å². The average Bonchev–Trinajstić information content (AvgIpc) is 3.30. The van der Waals surface area contributed by atoms with Crippen molar-refractivity contribution >= 4 is 40.7 Å². The molecule has 3 N–H and O–H groups in total. The molecule has 1 aliphatic rings. The van der Waals surface area contributed by atoms with Crippen molar-refractivity contribution in [3.63, 3.8) is 0 Å². The van der Waals surface area contributed by atoms with Gasteiger partial charge < -0.3 is 14.6 Å². The van der Waals surface area contributed by atoms with Crippen molar-refractivity contribution < 1.29 is 10.1 Å². The summed E-state index contributed by atoms with van der Waals surface area (Å²) in [5, 5.41) is 19.1. The van der Waals surface area contributed by atoms with Gasteiger partial charge in [0.15, 0.2) is 29.2 Å². The normalized spacial score (nSPS) is 14.8. The van der Waals surface area contributed by atoms with E-state index in [1.165, 1.54) is 6.20 Å². The molecule has 4 rings (SSSR count). The number of rotatable bonds is 5. The molecule has 0 saturated carbocycles. The van der Waals surface area contributed by atoms with Crippen molar-refractivity contribution in [2.24, 2.45) is 12.0 Å². The van der Waals surface area contributed by atoms with Gasteiger partial charge >= 0.3 is 0 Å². The van der Waals surface area contributed by atoms with E-state index in [9.17, 15) is 0 Å². The van der Waals surface area contributed by atoms with Gasteiger partial charge in [0.1, 0.15) is 23.3 Å². The molecule has 10 nitrogen and oxygen atoms in total. The van der Waals surface area contributed by atoms with Crippen LogP contribution in [0.25, 0.3) is 11.2 Å². The average molecular weight is 453 g/mol. The summed E-state index contributed by atoms with van der Waals surface area (Å²) in [6.45, 7) is 6.39. The van der Waals surface area contributed by atoms with E-state index < -0.39 is 0 Å². The van der Waals surface area contributed by atoms with Gasteiger partial charge in [-0.05, 0) is 0 Å². The second kappa shape index (κ2) is 8.45. The van der Waals surface area contributed by atoms with Crippen molar-refractivity contribution in [3.8, 4) is 11.8 Å². The molecule has 0 saturated heterocycles. The highest BCUT2D eigenvalue weighted by Gasteiger charge is 2.22. The van der Waals surface area contributed by atoms with E-state index in [0.29, 0.717) is 33.7 Å². The Balaban J connectivity index is 1.64. The molecule has 11 heteroatoms. The summed E-state index contributed by atoms with van der Waals surface area (Å²) in [6, 6.07) is 4.07. The van der Waals surface area contributed by atoms with E-state index in [1.807, 2.05) is 24.6 Å². The Morgan fingerprint density at radius 3 is 2.88 bits per heavy atom. The number of hydrogen-bond donors (Lipinski definition) is 2. The first kappa shape index (κ1) is 21.5. The second-order valence-corrected chi connectivity index (χ2v) is 8.61. The van der Waals surface area contributed by atoms with Crippen molar-refractivity contribution in [2.75, 3.05) is 5.32 Å². The third-order valence-electron chi connectivity index (χ3n) is 4.82. The number of imidazole rings is 1. The van der Waals surface area contributed by atoms with Crippen LogP contribution in [-0.4, -0.2) is 30.5 Å². The molecule has 4 heterocycles. The number of nitrogens with two attached hydrogens (primary N) is 1. The molecule has 0 spiro atoms. The fourth-order valence-corrected chi connectivity index (χ4v) is 3.57. The molecule has 0 aliphatic carbocycles. The summed E-state index contributed by atoms with van der Waals surface area (Å²) in [6.07, 6.45) is 8.29. The largest absolute Gasteiger partial charge is 0.455 e. The minimum Gasteiger partial charge on any atom is -0.455 e. The number of nitrogens with zero attached hydrogens (tertiary/aromatic N) is 7. The van der Waals surface area contributed by atoms with Gasteiger partial charge in [-0.3, -0.25) is 15.0 Å². The Labute approximate surface area is 189 Å². The first-order valence-electron chi connectivity index (χ1n) is 9.91. The Bertz CT molecular complexity index is 1300. The number of nitrogens with one attached hydrogen (secondary N) is 1. The van der Waals surface area contributed by atoms with E-state index in [-0.39, 0.29) is 12.0 Å². The number of nitriles is 1. The van der Waals surface area contributed by atoms with Crippen LogP contribution in [-0.2, 0) is 19.0 Å². The number of aromatic nitrogens is 5. The summed E-state index contributed by atoms with van der Waals surface area (Å²) in [7, 11) is 1.83.